The van der Waals surface area contributed by atoms with E-state index in [1.54, 1.807) is 0 Å². The Balaban J connectivity index is 1.60. The summed E-state index contributed by atoms with van der Waals surface area (Å²) in [4.78, 5) is 27.5. The second kappa shape index (κ2) is 9.52. The standard InChI is InChI=1S/C14H24N6O3S/c15-12(22)11-10-24-18-13(11)17-14(23)16-2-1-3-19-4-6-20(7-5-19)8-9-21/h10,21H,1-9H2,(H2,15,22)(H2,16,17,18,23). The number of aliphatic hydroxyl groups is 1. The predicted octanol–water partition coefficient (Wildman–Crippen LogP) is -0.636. The number of β-amino-alcohol motifs (C(OH)–C–C–N with tert-alkyl or cyclic N) is 1. The molecule has 1 aliphatic rings. The third kappa shape index (κ3) is 5.71. The molecule has 0 aliphatic carbocycles. The Hall–Kier alpha value is -1.75. The molecule has 0 unspecified atom stereocenters. The molecule has 9 nitrogen and oxygen atoms in total. The van der Waals surface area contributed by atoms with Crippen LogP contribution in [0.15, 0.2) is 5.38 Å². The highest BCUT2D eigenvalue weighted by Gasteiger charge is 2.16. The van der Waals surface area contributed by atoms with Crippen LogP contribution in [0.4, 0.5) is 10.6 Å². The molecule has 1 saturated heterocycles. The Morgan fingerprint density at radius 2 is 1.92 bits per heavy atom. The summed E-state index contributed by atoms with van der Waals surface area (Å²) in [5.41, 5.74) is 5.42. The van der Waals surface area contributed by atoms with Gasteiger partial charge in [-0.3, -0.25) is 15.0 Å². The molecule has 0 aromatic carbocycles. The van der Waals surface area contributed by atoms with Gasteiger partial charge in [0.25, 0.3) is 5.91 Å². The summed E-state index contributed by atoms with van der Waals surface area (Å²) in [5, 5.41) is 15.7. The fourth-order valence-corrected chi connectivity index (χ4v) is 3.17. The van der Waals surface area contributed by atoms with Crippen LogP contribution < -0.4 is 16.4 Å². The van der Waals surface area contributed by atoms with Crippen molar-refractivity contribution in [2.75, 3.05) is 57.7 Å². The fourth-order valence-electron chi connectivity index (χ4n) is 2.54. The minimum absolute atomic E-state index is 0.199. The molecule has 0 radical (unpaired) electrons. The molecule has 24 heavy (non-hydrogen) atoms. The smallest absolute Gasteiger partial charge is 0.320 e. The molecule has 0 saturated carbocycles. The van der Waals surface area contributed by atoms with Crippen LogP contribution in [0.5, 0.6) is 0 Å². The van der Waals surface area contributed by atoms with Crippen molar-refractivity contribution in [2.45, 2.75) is 6.42 Å². The van der Waals surface area contributed by atoms with E-state index >= 15 is 0 Å². The molecule has 10 heteroatoms. The van der Waals surface area contributed by atoms with Crippen LogP contribution >= 0.6 is 11.5 Å². The van der Waals surface area contributed by atoms with E-state index in [1.807, 2.05) is 0 Å². The number of rotatable bonds is 8. The summed E-state index contributed by atoms with van der Waals surface area (Å²) < 4.78 is 3.94. The maximum Gasteiger partial charge on any atom is 0.320 e. The molecular formula is C14H24N6O3S. The average molecular weight is 356 g/mol. The minimum Gasteiger partial charge on any atom is -0.395 e. The average Bonchev–Trinajstić information content (AvgIpc) is 3.02. The molecule has 5 N–H and O–H groups in total. The molecule has 1 fully saturated rings. The first kappa shape index (κ1) is 18.6. The zero-order valence-corrected chi connectivity index (χ0v) is 14.3. The number of anilines is 1. The lowest BCUT2D eigenvalue weighted by molar-refractivity contribution is 0.100. The second-order valence-corrected chi connectivity index (χ2v) is 6.21. The van der Waals surface area contributed by atoms with Crippen LogP contribution in [-0.2, 0) is 0 Å². The number of nitrogens with two attached hydrogens (primary N) is 1. The van der Waals surface area contributed by atoms with E-state index in [0.717, 1.165) is 57.2 Å². The van der Waals surface area contributed by atoms with Gasteiger partial charge < -0.3 is 21.1 Å². The summed E-state index contributed by atoms with van der Waals surface area (Å²) in [6, 6.07) is -0.392. The molecule has 1 aromatic heterocycles. The van der Waals surface area contributed by atoms with E-state index in [1.165, 1.54) is 5.38 Å². The summed E-state index contributed by atoms with van der Waals surface area (Å²) in [7, 11) is 0. The van der Waals surface area contributed by atoms with Crippen LogP contribution in [0.1, 0.15) is 16.8 Å². The van der Waals surface area contributed by atoms with Crippen molar-refractivity contribution >= 4 is 29.3 Å². The third-order valence-corrected chi connectivity index (χ3v) is 4.51. The van der Waals surface area contributed by atoms with Crippen molar-refractivity contribution < 1.29 is 14.7 Å². The monoisotopic (exact) mass is 356 g/mol. The number of hydrogen-bond acceptors (Lipinski definition) is 7. The lowest BCUT2D eigenvalue weighted by Crippen LogP contribution is -2.47. The summed E-state index contributed by atoms with van der Waals surface area (Å²) >= 11 is 1.07. The van der Waals surface area contributed by atoms with Gasteiger partial charge in [-0.15, -0.1) is 0 Å². The van der Waals surface area contributed by atoms with Crippen LogP contribution in [0.25, 0.3) is 0 Å². The molecule has 0 spiro atoms. The van der Waals surface area contributed by atoms with Crippen molar-refractivity contribution in [3.63, 3.8) is 0 Å². The number of carbonyl (C=O) groups excluding carboxylic acids is 2. The number of carbonyl (C=O) groups is 2. The van der Waals surface area contributed by atoms with Crippen molar-refractivity contribution in [2.24, 2.45) is 5.73 Å². The number of hydrogen-bond donors (Lipinski definition) is 4. The van der Waals surface area contributed by atoms with Crippen LogP contribution in [0.2, 0.25) is 0 Å². The highest BCUT2D eigenvalue weighted by molar-refractivity contribution is 7.04. The number of aromatic nitrogens is 1. The Labute approximate surface area is 145 Å². The van der Waals surface area contributed by atoms with Gasteiger partial charge in [-0.1, -0.05) is 0 Å². The van der Waals surface area contributed by atoms with Crippen LogP contribution in [-0.4, -0.2) is 83.6 Å². The Morgan fingerprint density at radius 1 is 1.25 bits per heavy atom. The van der Waals surface area contributed by atoms with Gasteiger partial charge >= 0.3 is 6.03 Å². The second-order valence-electron chi connectivity index (χ2n) is 5.58. The highest BCUT2D eigenvalue weighted by Crippen LogP contribution is 2.15. The van der Waals surface area contributed by atoms with E-state index in [-0.39, 0.29) is 18.0 Å². The molecule has 3 amide bonds. The third-order valence-electron chi connectivity index (χ3n) is 3.88. The first-order valence-corrected chi connectivity index (χ1v) is 8.78. The first-order chi connectivity index (χ1) is 11.6. The van der Waals surface area contributed by atoms with E-state index in [9.17, 15) is 9.59 Å². The first-order valence-electron chi connectivity index (χ1n) is 7.94. The number of urea groups is 1. The van der Waals surface area contributed by atoms with Gasteiger partial charge in [0.2, 0.25) is 0 Å². The Kier molecular flexibility index (Phi) is 7.37. The SMILES string of the molecule is NC(=O)c1csnc1NC(=O)NCCCN1CCN(CCO)CC1. The number of primary amides is 1. The molecule has 2 heterocycles. The van der Waals surface area contributed by atoms with Gasteiger partial charge in [0.15, 0.2) is 5.82 Å². The quantitative estimate of drug-likeness (QED) is 0.460. The van der Waals surface area contributed by atoms with Gasteiger partial charge in [-0.2, -0.15) is 4.37 Å². The van der Waals surface area contributed by atoms with E-state index in [0.29, 0.717) is 6.54 Å². The van der Waals surface area contributed by atoms with Crippen molar-refractivity contribution in [3.05, 3.63) is 10.9 Å². The van der Waals surface area contributed by atoms with E-state index in [4.69, 9.17) is 10.8 Å². The number of piperazine rings is 1. The molecule has 134 valence electrons. The van der Waals surface area contributed by atoms with Crippen LogP contribution in [0, 0.1) is 0 Å². The van der Waals surface area contributed by atoms with Crippen molar-refractivity contribution in [3.8, 4) is 0 Å². The maximum absolute atomic E-state index is 11.8. The highest BCUT2D eigenvalue weighted by atomic mass is 32.1. The molecule has 2 rings (SSSR count). The molecule has 0 bridgehead atoms. The van der Waals surface area contributed by atoms with Gasteiger partial charge in [0.1, 0.15) is 0 Å². The van der Waals surface area contributed by atoms with Gasteiger partial charge in [-0.05, 0) is 24.5 Å². The zero-order chi connectivity index (χ0) is 17.4. The summed E-state index contributed by atoms with van der Waals surface area (Å²) in [6.07, 6.45) is 0.840. The Bertz CT molecular complexity index is 544. The lowest BCUT2D eigenvalue weighted by atomic mass is 10.3. The fraction of sp³-hybridized carbons (Fsp3) is 0.643. The minimum atomic E-state index is -0.612. The van der Waals surface area contributed by atoms with E-state index in [2.05, 4.69) is 24.8 Å². The van der Waals surface area contributed by atoms with Crippen molar-refractivity contribution in [1.82, 2.24) is 19.5 Å². The lowest BCUT2D eigenvalue weighted by Gasteiger charge is -2.34. The predicted molar refractivity (Wildman–Crippen MR) is 92.2 cm³/mol. The molecule has 0 atom stereocenters. The number of nitrogens with one attached hydrogen (secondary N) is 2. The van der Waals surface area contributed by atoms with Gasteiger partial charge in [-0.25, -0.2) is 4.79 Å². The number of aliphatic hydroxyl groups excluding tert-OH is 1. The Morgan fingerprint density at radius 3 is 2.54 bits per heavy atom. The summed E-state index contributed by atoms with van der Waals surface area (Å²) in [5.74, 6) is -0.413. The van der Waals surface area contributed by atoms with Crippen LogP contribution in [0.3, 0.4) is 0 Å². The molecule has 1 aliphatic heterocycles. The largest absolute Gasteiger partial charge is 0.395 e. The molecular weight excluding hydrogens is 332 g/mol. The topological polar surface area (TPSA) is 124 Å². The number of amides is 3. The molecule has 1 aromatic rings. The normalized spacial score (nSPS) is 16.0. The van der Waals surface area contributed by atoms with Gasteiger partial charge in [0, 0.05) is 44.6 Å². The van der Waals surface area contributed by atoms with Gasteiger partial charge in [0.05, 0.1) is 12.2 Å². The van der Waals surface area contributed by atoms with Crippen molar-refractivity contribution in [1.29, 1.82) is 0 Å². The van der Waals surface area contributed by atoms with E-state index < -0.39 is 11.9 Å². The number of nitrogens with zero attached hydrogens (tertiary/aromatic N) is 3. The zero-order valence-electron chi connectivity index (χ0n) is 13.5. The summed E-state index contributed by atoms with van der Waals surface area (Å²) in [6.45, 7) is 6.28. The maximum atomic E-state index is 11.8.